The first-order valence-electron chi connectivity index (χ1n) is 8.01. The predicted octanol–water partition coefficient (Wildman–Crippen LogP) is 3.42. The van der Waals surface area contributed by atoms with Crippen LogP contribution in [0.2, 0.25) is 0 Å². The van der Waals surface area contributed by atoms with E-state index in [-0.39, 0.29) is 10.7 Å². The molecule has 3 rings (SSSR count). The number of hydrogen-bond acceptors (Lipinski definition) is 3. The van der Waals surface area contributed by atoms with E-state index < -0.39 is 11.8 Å². The number of hydrogen-bond donors (Lipinski definition) is 1. The van der Waals surface area contributed by atoms with Crippen LogP contribution in [0.5, 0.6) is 0 Å². The molecule has 2 heterocycles. The fourth-order valence-electron chi connectivity index (χ4n) is 3.00. The van der Waals surface area contributed by atoms with Crippen molar-refractivity contribution in [2.24, 2.45) is 0 Å². The van der Waals surface area contributed by atoms with E-state index in [1.807, 2.05) is 39.0 Å². The molecule has 2 amide bonds. The van der Waals surface area contributed by atoms with Gasteiger partial charge in [-0.15, -0.1) is 0 Å². The number of thiocarbonyl (C=S) groups is 1. The lowest BCUT2D eigenvalue weighted by Crippen LogP contribution is -2.52. The largest absolute Gasteiger partial charge is 0.318 e. The molecular weight excluding hydrogens is 414 g/mol. The molecule has 0 atom stereocenters. The molecule has 26 heavy (non-hydrogen) atoms. The molecule has 1 N–H and O–H groups in total. The highest BCUT2D eigenvalue weighted by Gasteiger charge is 2.31. The summed E-state index contributed by atoms with van der Waals surface area (Å²) in [5, 5.41) is 2.65. The Bertz CT molecular complexity index is 991. The summed E-state index contributed by atoms with van der Waals surface area (Å²) in [6.07, 6.45) is 1.63. The zero-order valence-electron chi connectivity index (χ0n) is 14.9. The van der Waals surface area contributed by atoms with Gasteiger partial charge in [-0.2, -0.15) is 0 Å². The third-order valence-corrected chi connectivity index (χ3v) is 5.74. The quantitative estimate of drug-likeness (QED) is 0.450. The Morgan fingerprint density at radius 1 is 1.15 bits per heavy atom. The number of benzene rings is 1. The van der Waals surface area contributed by atoms with Crippen molar-refractivity contribution in [3.05, 3.63) is 56.8 Å². The number of nitrogens with zero attached hydrogens (tertiary/aromatic N) is 2. The summed E-state index contributed by atoms with van der Waals surface area (Å²) in [7, 11) is 1.55. The number of carbonyl (C=O) groups excluding carboxylic acids is 2. The topological polar surface area (TPSA) is 54.3 Å². The van der Waals surface area contributed by atoms with E-state index in [1.165, 1.54) is 4.90 Å². The van der Waals surface area contributed by atoms with Gasteiger partial charge >= 0.3 is 0 Å². The van der Waals surface area contributed by atoms with Gasteiger partial charge < -0.3 is 4.57 Å². The van der Waals surface area contributed by atoms with E-state index in [0.717, 1.165) is 32.7 Å². The fraction of sp³-hybridized carbons (Fsp3) is 0.211. The minimum absolute atomic E-state index is 0.0772. The van der Waals surface area contributed by atoms with Gasteiger partial charge in [0.25, 0.3) is 11.8 Å². The second-order valence-corrected chi connectivity index (χ2v) is 7.52. The molecule has 1 aliphatic rings. The van der Waals surface area contributed by atoms with Gasteiger partial charge in [-0.25, -0.2) is 0 Å². The van der Waals surface area contributed by atoms with Crippen molar-refractivity contribution in [3.63, 3.8) is 0 Å². The molecule has 0 spiro atoms. The minimum atomic E-state index is -0.470. The summed E-state index contributed by atoms with van der Waals surface area (Å²) < 4.78 is 3.15. The smallest absolute Gasteiger partial charge is 0.265 e. The van der Waals surface area contributed by atoms with Gasteiger partial charge in [-0.05, 0) is 74.5 Å². The molecule has 1 fully saturated rings. The van der Waals surface area contributed by atoms with E-state index in [9.17, 15) is 9.59 Å². The molecule has 1 aromatic carbocycles. The summed E-state index contributed by atoms with van der Waals surface area (Å²) >= 11 is 8.49. The third-order valence-electron chi connectivity index (χ3n) is 4.47. The van der Waals surface area contributed by atoms with Crippen LogP contribution >= 0.6 is 28.1 Å². The molecular formula is C19H18BrN3O2S. The van der Waals surface area contributed by atoms with Crippen molar-refractivity contribution in [2.45, 2.75) is 20.8 Å². The number of aromatic nitrogens is 1. The monoisotopic (exact) mass is 431 g/mol. The lowest BCUT2D eigenvalue weighted by Gasteiger charge is -2.25. The molecule has 2 aromatic rings. The molecule has 0 unspecified atom stereocenters. The maximum Gasteiger partial charge on any atom is 0.265 e. The van der Waals surface area contributed by atoms with E-state index in [4.69, 9.17) is 12.2 Å². The van der Waals surface area contributed by atoms with Crippen LogP contribution in [0.1, 0.15) is 22.5 Å². The number of rotatable bonds is 2. The Labute approximate surface area is 165 Å². The molecule has 1 saturated heterocycles. The van der Waals surface area contributed by atoms with E-state index >= 15 is 0 Å². The Morgan fingerprint density at radius 3 is 2.50 bits per heavy atom. The molecule has 0 radical (unpaired) electrons. The van der Waals surface area contributed by atoms with Gasteiger partial charge in [-0.3, -0.25) is 19.8 Å². The lowest BCUT2D eigenvalue weighted by molar-refractivity contribution is -0.128. The predicted molar refractivity (Wildman–Crippen MR) is 109 cm³/mol. The maximum atomic E-state index is 12.4. The van der Waals surface area contributed by atoms with Gasteiger partial charge in [0.1, 0.15) is 5.57 Å². The van der Waals surface area contributed by atoms with Crippen LogP contribution in [0.15, 0.2) is 34.3 Å². The van der Waals surface area contributed by atoms with Crippen LogP contribution < -0.4 is 5.32 Å². The van der Waals surface area contributed by atoms with E-state index in [1.54, 1.807) is 13.1 Å². The van der Waals surface area contributed by atoms with Crippen LogP contribution in [0, 0.1) is 20.8 Å². The third kappa shape index (κ3) is 3.12. The maximum absolute atomic E-state index is 12.4. The first-order valence-corrected chi connectivity index (χ1v) is 9.21. The van der Waals surface area contributed by atoms with Crippen molar-refractivity contribution in [2.75, 3.05) is 7.05 Å². The van der Waals surface area contributed by atoms with Crippen LogP contribution in [-0.2, 0) is 9.59 Å². The average Bonchev–Trinajstić information content (AvgIpc) is 2.86. The summed E-state index contributed by atoms with van der Waals surface area (Å²) in [6, 6.07) is 8.09. The standard InChI is InChI=1S/C19H18BrN3O2S/c1-10-7-14(5-6-16(10)20)23-11(2)8-13(12(23)3)9-15-17(24)21-19(26)22(4)18(15)25/h5-9H,1-4H3,(H,21,24,26)/b15-9+. The van der Waals surface area contributed by atoms with Gasteiger partial charge in [0.2, 0.25) is 0 Å². The SMILES string of the molecule is Cc1cc(-n2c(C)cc(/C=C3\C(=O)NC(=S)N(C)C3=O)c2C)ccc1Br. The van der Waals surface area contributed by atoms with E-state index in [2.05, 4.69) is 31.9 Å². The Kier molecular flexibility index (Phi) is 4.86. The first-order chi connectivity index (χ1) is 12.2. The highest BCUT2D eigenvalue weighted by molar-refractivity contribution is 9.10. The molecule has 1 aliphatic heterocycles. The molecule has 5 nitrogen and oxygen atoms in total. The number of aryl methyl sites for hydroxylation is 2. The van der Waals surface area contributed by atoms with Crippen LogP contribution in [0.25, 0.3) is 11.8 Å². The second kappa shape index (κ2) is 6.81. The zero-order valence-corrected chi connectivity index (χ0v) is 17.3. The van der Waals surface area contributed by atoms with Crippen LogP contribution in [0.4, 0.5) is 0 Å². The average molecular weight is 432 g/mol. The number of likely N-dealkylation sites (N-methyl/N-ethyl adjacent to an activating group) is 1. The Balaban J connectivity index is 2.08. The Morgan fingerprint density at radius 2 is 1.85 bits per heavy atom. The van der Waals surface area contributed by atoms with Crippen LogP contribution in [-0.4, -0.2) is 33.4 Å². The van der Waals surface area contributed by atoms with Crippen LogP contribution in [0.3, 0.4) is 0 Å². The van der Waals surface area contributed by atoms with Gasteiger partial charge in [0, 0.05) is 28.6 Å². The number of carbonyl (C=O) groups is 2. The van der Waals surface area contributed by atoms with Crippen molar-refractivity contribution < 1.29 is 9.59 Å². The minimum Gasteiger partial charge on any atom is -0.318 e. The van der Waals surface area contributed by atoms with Gasteiger partial charge in [-0.1, -0.05) is 15.9 Å². The van der Waals surface area contributed by atoms with Gasteiger partial charge in [0.05, 0.1) is 0 Å². The molecule has 134 valence electrons. The first kappa shape index (κ1) is 18.5. The zero-order chi connectivity index (χ0) is 19.2. The summed E-state index contributed by atoms with van der Waals surface area (Å²) in [5.41, 5.74) is 5.03. The van der Waals surface area contributed by atoms with Crippen molar-refractivity contribution in [3.8, 4) is 5.69 Å². The lowest BCUT2D eigenvalue weighted by atomic mass is 10.1. The van der Waals surface area contributed by atoms with Gasteiger partial charge in [0.15, 0.2) is 5.11 Å². The van der Waals surface area contributed by atoms with Crippen molar-refractivity contribution in [1.82, 2.24) is 14.8 Å². The molecule has 7 heteroatoms. The molecule has 0 aliphatic carbocycles. The fourth-order valence-corrected chi connectivity index (χ4v) is 3.42. The Hall–Kier alpha value is -2.25. The molecule has 0 bridgehead atoms. The molecule has 1 aromatic heterocycles. The summed E-state index contributed by atoms with van der Waals surface area (Å²) in [5.74, 6) is -0.870. The highest BCUT2D eigenvalue weighted by atomic mass is 79.9. The van der Waals surface area contributed by atoms with Crippen molar-refractivity contribution >= 4 is 51.2 Å². The highest BCUT2D eigenvalue weighted by Crippen LogP contribution is 2.26. The number of amides is 2. The number of halogens is 1. The second-order valence-electron chi connectivity index (χ2n) is 6.28. The number of nitrogens with one attached hydrogen (secondary N) is 1. The molecule has 0 saturated carbocycles. The summed E-state index contributed by atoms with van der Waals surface area (Å²) in [6.45, 7) is 6.00. The van der Waals surface area contributed by atoms with Crippen molar-refractivity contribution in [1.29, 1.82) is 0 Å². The normalized spacial score (nSPS) is 16.4. The summed E-state index contributed by atoms with van der Waals surface area (Å²) in [4.78, 5) is 25.9. The van der Waals surface area contributed by atoms with E-state index in [0.29, 0.717) is 0 Å².